The van der Waals surface area contributed by atoms with Crippen LogP contribution in [0.3, 0.4) is 0 Å². The van der Waals surface area contributed by atoms with Gasteiger partial charge in [-0.15, -0.1) is 0 Å². The summed E-state index contributed by atoms with van der Waals surface area (Å²) >= 11 is 0. The summed E-state index contributed by atoms with van der Waals surface area (Å²) in [5.74, 6) is 1.40. The highest BCUT2D eigenvalue weighted by molar-refractivity contribution is 5.91. The van der Waals surface area contributed by atoms with Crippen LogP contribution in [0.4, 0.5) is 0 Å². The Morgan fingerprint density at radius 2 is 1.85 bits per heavy atom. The molecular formula is C22H28O4. The van der Waals surface area contributed by atoms with Crippen molar-refractivity contribution < 1.29 is 19.1 Å². The van der Waals surface area contributed by atoms with Gasteiger partial charge in [-0.25, -0.2) is 0 Å². The summed E-state index contributed by atoms with van der Waals surface area (Å²) in [6.45, 7) is 4.74. The molecule has 0 aromatic rings. The average Bonchev–Trinajstić information content (AvgIpc) is 3.08. The molecule has 26 heavy (non-hydrogen) atoms. The quantitative estimate of drug-likeness (QED) is 0.490. The van der Waals surface area contributed by atoms with Crippen molar-refractivity contribution in [2.45, 2.75) is 88.9 Å². The Morgan fingerprint density at radius 3 is 2.62 bits per heavy atom. The highest BCUT2D eigenvalue weighted by atomic mass is 16.6. The third kappa shape index (κ3) is 1.51. The Labute approximate surface area is 154 Å². The first kappa shape index (κ1) is 15.9. The number of carbonyl (C=O) groups excluding carboxylic acids is 2. The molecule has 6 aliphatic rings. The van der Waals surface area contributed by atoms with E-state index in [1.54, 1.807) is 0 Å². The van der Waals surface area contributed by atoms with Crippen molar-refractivity contribution >= 4 is 11.8 Å². The van der Waals surface area contributed by atoms with E-state index < -0.39 is 0 Å². The summed E-state index contributed by atoms with van der Waals surface area (Å²) < 4.78 is 12.6. The van der Waals surface area contributed by atoms with Crippen molar-refractivity contribution in [1.29, 1.82) is 0 Å². The zero-order valence-corrected chi connectivity index (χ0v) is 15.8. The van der Waals surface area contributed by atoms with Crippen LogP contribution in [0.1, 0.15) is 71.6 Å². The molecule has 0 unspecified atom stereocenters. The van der Waals surface area contributed by atoms with Gasteiger partial charge in [0, 0.05) is 23.7 Å². The molecule has 5 fully saturated rings. The minimum Gasteiger partial charge on any atom is -0.458 e. The van der Waals surface area contributed by atoms with E-state index in [0.29, 0.717) is 30.5 Å². The van der Waals surface area contributed by atoms with E-state index >= 15 is 0 Å². The van der Waals surface area contributed by atoms with Gasteiger partial charge in [-0.2, -0.15) is 0 Å². The minimum atomic E-state index is -0.244. The maximum absolute atomic E-state index is 12.0. The van der Waals surface area contributed by atoms with E-state index in [4.69, 9.17) is 9.47 Å². The van der Waals surface area contributed by atoms with Crippen LogP contribution in [-0.2, 0) is 19.1 Å². The van der Waals surface area contributed by atoms with Crippen LogP contribution < -0.4 is 0 Å². The van der Waals surface area contributed by atoms with Crippen LogP contribution in [0.2, 0.25) is 0 Å². The molecule has 4 nitrogen and oxygen atoms in total. The number of esters is 1. The van der Waals surface area contributed by atoms with Gasteiger partial charge in [0.05, 0.1) is 6.10 Å². The third-order valence-electron chi connectivity index (χ3n) is 9.67. The molecule has 6 rings (SSSR count). The van der Waals surface area contributed by atoms with Crippen LogP contribution in [0.15, 0.2) is 11.6 Å². The number of hydrogen-bond acceptors (Lipinski definition) is 4. The fourth-order valence-corrected chi connectivity index (χ4v) is 8.30. The van der Waals surface area contributed by atoms with Gasteiger partial charge in [-0.3, -0.25) is 9.59 Å². The van der Waals surface area contributed by atoms with Crippen LogP contribution in [-0.4, -0.2) is 29.1 Å². The minimum absolute atomic E-state index is 0.00737. The highest BCUT2D eigenvalue weighted by Gasteiger charge is 2.81. The number of ether oxygens (including phenoxy) is 2. The third-order valence-corrected chi connectivity index (χ3v) is 9.67. The molecule has 0 N–H and O–H groups in total. The predicted molar refractivity (Wildman–Crippen MR) is 94.3 cm³/mol. The number of ketones is 1. The lowest BCUT2D eigenvalue weighted by Gasteiger charge is -2.56. The fraction of sp³-hybridized carbons (Fsp3) is 0.818. The second kappa shape index (κ2) is 4.45. The molecule has 0 aromatic carbocycles. The lowest BCUT2D eigenvalue weighted by molar-refractivity contribution is -0.164. The molecule has 3 saturated carbocycles. The summed E-state index contributed by atoms with van der Waals surface area (Å²) in [5.41, 5.74) is 1.12. The maximum Gasteiger partial charge on any atom is 0.306 e. The van der Waals surface area contributed by atoms with E-state index in [1.165, 1.54) is 5.57 Å². The second-order valence-corrected chi connectivity index (χ2v) is 10.2. The molecule has 2 spiro atoms. The van der Waals surface area contributed by atoms with E-state index in [0.717, 1.165) is 44.9 Å². The molecule has 4 heteroatoms. The van der Waals surface area contributed by atoms with E-state index in [-0.39, 0.29) is 34.1 Å². The first-order valence-corrected chi connectivity index (χ1v) is 10.5. The van der Waals surface area contributed by atoms with Crippen molar-refractivity contribution in [3.63, 3.8) is 0 Å². The lowest BCUT2D eigenvalue weighted by atomic mass is 9.46. The van der Waals surface area contributed by atoms with Crippen molar-refractivity contribution in [1.82, 2.24) is 0 Å². The van der Waals surface area contributed by atoms with Gasteiger partial charge >= 0.3 is 5.97 Å². The molecule has 0 amide bonds. The van der Waals surface area contributed by atoms with Crippen LogP contribution in [0, 0.1) is 22.7 Å². The van der Waals surface area contributed by atoms with Gasteiger partial charge in [0.1, 0.15) is 11.2 Å². The molecule has 0 aromatic heterocycles. The maximum atomic E-state index is 12.0. The van der Waals surface area contributed by atoms with Crippen molar-refractivity contribution in [2.24, 2.45) is 22.7 Å². The summed E-state index contributed by atoms with van der Waals surface area (Å²) in [7, 11) is 0. The van der Waals surface area contributed by atoms with Gasteiger partial charge < -0.3 is 9.47 Å². The van der Waals surface area contributed by atoms with Crippen molar-refractivity contribution in [3.8, 4) is 0 Å². The van der Waals surface area contributed by atoms with Crippen molar-refractivity contribution in [2.75, 3.05) is 0 Å². The molecule has 2 saturated heterocycles. The monoisotopic (exact) mass is 356 g/mol. The predicted octanol–water partition coefficient (Wildman–Crippen LogP) is 3.73. The molecule has 2 aliphatic heterocycles. The Morgan fingerprint density at radius 1 is 1.00 bits per heavy atom. The van der Waals surface area contributed by atoms with Crippen LogP contribution in [0.5, 0.6) is 0 Å². The number of carbonyl (C=O) groups is 2. The molecule has 2 heterocycles. The molecular weight excluding hydrogens is 328 g/mol. The standard InChI is InChI=1S/C22H28O4/c1-19-8-5-14(23)11-13(19)3-4-16-15-6-9-21(10-7-18(24)26-21)20(15,2)12-17-22(16,19)25-17/h11,15-17H,3-10,12H2,1-2H3/t15-,16-,17+,19-,20-,21+,22-/m0/s1. The van der Waals surface area contributed by atoms with Gasteiger partial charge in [0.2, 0.25) is 0 Å². The van der Waals surface area contributed by atoms with Gasteiger partial charge in [-0.05, 0) is 62.9 Å². The van der Waals surface area contributed by atoms with E-state index in [2.05, 4.69) is 13.8 Å². The smallest absolute Gasteiger partial charge is 0.306 e. The number of rotatable bonds is 0. The largest absolute Gasteiger partial charge is 0.458 e. The average molecular weight is 356 g/mol. The summed E-state index contributed by atoms with van der Waals surface area (Å²) in [6, 6.07) is 0. The lowest BCUT2D eigenvalue weighted by Crippen LogP contribution is -2.59. The molecule has 0 radical (unpaired) electrons. The summed E-state index contributed by atoms with van der Waals surface area (Å²) in [4.78, 5) is 24.0. The number of epoxide rings is 1. The Bertz CT molecular complexity index is 770. The van der Waals surface area contributed by atoms with E-state index in [1.807, 2.05) is 6.08 Å². The zero-order valence-electron chi connectivity index (χ0n) is 15.8. The summed E-state index contributed by atoms with van der Waals surface area (Å²) in [6.07, 6.45) is 10.6. The topological polar surface area (TPSA) is 55.9 Å². The SMILES string of the molecule is C[C@]12CCC(=O)C=C1CC[C@H]1[C@@H]3CC[C@@]4(CCC(=O)O4)[C@@]3(C)C[C@H]3O[C@]312. The first-order valence-electron chi connectivity index (χ1n) is 10.5. The highest BCUT2D eigenvalue weighted by Crippen LogP contribution is 2.77. The van der Waals surface area contributed by atoms with Gasteiger partial charge in [0.15, 0.2) is 5.78 Å². The van der Waals surface area contributed by atoms with Gasteiger partial charge in [-0.1, -0.05) is 19.4 Å². The Balaban J connectivity index is 1.42. The normalized spacial score (nSPS) is 57.0. The molecule has 7 atom stereocenters. The van der Waals surface area contributed by atoms with Crippen LogP contribution >= 0.6 is 0 Å². The Hall–Kier alpha value is -1.16. The van der Waals surface area contributed by atoms with Gasteiger partial charge in [0.25, 0.3) is 0 Å². The van der Waals surface area contributed by atoms with E-state index in [9.17, 15) is 9.59 Å². The van der Waals surface area contributed by atoms with Crippen LogP contribution in [0.25, 0.3) is 0 Å². The number of hydrogen-bond donors (Lipinski definition) is 0. The zero-order chi connectivity index (χ0) is 17.9. The first-order chi connectivity index (χ1) is 12.3. The molecule has 4 aliphatic carbocycles. The molecule has 0 bridgehead atoms. The van der Waals surface area contributed by atoms with Crippen molar-refractivity contribution in [3.05, 3.63) is 11.6 Å². The number of fused-ring (bicyclic) bond motifs is 4. The fourth-order valence-electron chi connectivity index (χ4n) is 8.30. The molecule has 140 valence electrons. The summed E-state index contributed by atoms with van der Waals surface area (Å²) in [5, 5.41) is 0. The second-order valence-electron chi connectivity index (χ2n) is 10.2. The Kier molecular flexibility index (Phi) is 2.72.